The molecule has 2 N–H and O–H groups in total. The first kappa shape index (κ1) is 20.1. The lowest BCUT2D eigenvalue weighted by Crippen LogP contribution is -2.27. The fourth-order valence-corrected chi connectivity index (χ4v) is 2.96. The van der Waals surface area contributed by atoms with Crippen LogP contribution >= 0.6 is 0 Å². The number of nitrogens with one attached hydrogen (secondary N) is 1. The van der Waals surface area contributed by atoms with E-state index in [4.69, 9.17) is 0 Å². The molecule has 0 radical (unpaired) electrons. The van der Waals surface area contributed by atoms with Gasteiger partial charge in [0.15, 0.2) is 0 Å². The van der Waals surface area contributed by atoms with Gasteiger partial charge in [0.05, 0.1) is 11.5 Å². The first-order valence-corrected chi connectivity index (χ1v) is 8.45. The Labute approximate surface area is 164 Å². The van der Waals surface area contributed by atoms with Crippen molar-refractivity contribution >= 4 is 23.2 Å². The van der Waals surface area contributed by atoms with Crippen molar-refractivity contribution < 1.29 is 23.1 Å². The van der Waals surface area contributed by atoms with E-state index in [1.807, 2.05) is 6.07 Å². The van der Waals surface area contributed by atoms with Gasteiger partial charge in [0.2, 0.25) is 5.95 Å². The zero-order valence-electron chi connectivity index (χ0n) is 15.2. The molecule has 1 aromatic heterocycles. The molecule has 1 atom stereocenters. The summed E-state index contributed by atoms with van der Waals surface area (Å²) in [5.74, 6) is -1.27. The van der Waals surface area contributed by atoms with E-state index in [1.54, 1.807) is 30.3 Å². The van der Waals surface area contributed by atoms with Gasteiger partial charge < -0.3 is 10.4 Å². The van der Waals surface area contributed by atoms with Gasteiger partial charge >= 0.3 is 12.1 Å². The van der Waals surface area contributed by atoms with Crippen molar-refractivity contribution in [2.45, 2.75) is 19.5 Å². The molecule has 0 spiro atoms. The number of anilines is 2. The molecule has 2 aromatic rings. The molecule has 0 fully saturated rings. The molecule has 9 heteroatoms. The van der Waals surface area contributed by atoms with Crippen LogP contribution in [-0.4, -0.2) is 21.0 Å². The number of rotatable bonds is 4. The van der Waals surface area contributed by atoms with Crippen LogP contribution in [0.15, 0.2) is 54.3 Å². The van der Waals surface area contributed by atoms with E-state index in [1.165, 1.54) is 13.0 Å². The maximum atomic E-state index is 12.8. The van der Waals surface area contributed by atoms with Gasteiger partial charge in [0, 0.05) is 17.5 Å². The Morgan fingerprint density at radius 2 is 2.10 bits per heavy atom. The van der Waals surface area contributed by atoms with Gasteiger partial charge in [-0.1, -0.05) is 12.1 Å². The average molecular weight is 400 g/mol. The summed E-state index contributed by atoms with van der Waals surface area (Å²) in [6.45, 7) is 1.53. The lowest BCUT2D eigenvalue weighted by molar-refractivity contribution is -0.145. The quantitative estimate of drug-likeness (QED) is 0.780. The maximum absolute atomic E-state index is 12.8. The van der Waals surface area contributed by atoms with E-state index in [0.29, 0.717) is 16.8 Å². The monoisotopic (exact) mass is 400 g/mol. The zero-order chi connectivity index (χ0) is 21.2. The number of aromatic nitrogens is 2. The number of alkyl halides is 3. The Balaban J connectivity index is 1.91. The predicted molar refractivity (Wildman–Crippen MR) is 98.8 cm³/mol. The standard InChI is InChI=1S/C20H15F3N4O2/c1-19(17(28)29)9-12(11-24)7-14(10-19)13-3-2-4-15(8-13)26-18-25-6-5-16(27-18)20(21,22)23/h2-9H,10H2,1H3,(H,28,29)(H,25,26,27). The number of hydrogen-bond acceptors (Lipinski definition) is 5. The van der Waals surface area contributed by atoms with Crippen molar-refractivity contribution in [3.8, 4) is 6.07 Å². The van der Waals surface area contributed by atoms with Gasteiger partial charge in [0.1, 0.15) is 5.69 Å². The third-order valence-electron chi connectivity index (χ3n) is 4.41. The van der Waals surface area contributed by atoms with Crippen molar-refractivity contribution in [3.63, 3.8) is 0 Å². The van der Waals surface area contributed by atoms with Gasteiger partial charge in [-0.15, -0.1) is 0 Å². The van der Waals surface area contributed by atoms with E-state index in [2.05, 4.69) is 15.3 Å². The highest BCUT2D eigenvalue weighted by molar-refractivity contribution is 5.85. The second-order valence-electron chi connectivity index (χ2n) is 6.75. The summed E-state index contributed by atoms with van der Waals surface area (Å²) in [7, 11) is 0. The topological polar surface area (TPSA) is 98.9 Å². The van der Waals surface area contributed by atoms with E-state index in [-0.39, 0.29) is 17.9 Å². The third-order valence-corrected chi connectivity index (χ3v) is 4.41. The molecule has 0 amide bonds. The number of allylic oxidation sites excluding steroid dienone is 3. The summed E-state index contributed by atoms with van der Waals surface area (Å²) in [5, 5.41) is 21.5. The van der Waals surface area contributed by atoms with Crippen molar-refractivity contribution in [2.24, 2.45) is 5.41 Å². The molecule has 1 aliphatic carbocycles. The van der Waals surface area contributed by atoms with Crippen LogP contribution < -0.4 is 5.32 Å². The highest BCUT2D eigenvalue weighted by atomic mass is 19.4. The number of carbonyl (C=O) groups is 1. The first-order valence-electron chi connectivity index (χ1n) is 8.45. The van der Waals surface area contributed by atoms with Crippen molar-refractivity contribution in [1.82, 2.24) is 9.97 Å². The van der Waals surface area contributed by atoms with Crippen LogP contribution in [0.25, 0.3) is 5.57 Å². The SMILES string of the molecule is CC1(C(=O)O)C=C(C#N)C=C(c2cccc(Nc3nccc(C(F)(F)F)n3)c2)C1. The summed E-state index contributed by atoms with van der Waals surface area (Å²) in [6, 6.07) is 9.39. The number of hydrogen-bond donors (Lipinski definition) is 2. The van der Waals surface area contributed by atoms with Crippen LogP contribution in [0.4, 0.5) is 24.8 Å². The molecule has 6 nitrogen and oxygen atoms in total. The molecular formula is C20H15F3N4O2. The number of halogens is 3. The second kappa shape index (κ2) is 7.39. The summed E-state index contributed by atoms with van der Waals surface area (Å²) < 4.78 is 38.5. The number of aliphatic carboxylic acids is 1. The van der Waals surface area contributed by atoms with Gasteiger partial charge in [-0.05, 0) is 54.8 Å². The highest BCUT2D eigenvalue weighted by Gasteiger charge is 2.35. The van der Waals surface area contributed by atoms with Crippen LogP contribution in [0.3, 0.4) is 0 Å². The largest absolute Gasteiger partial charge is 0.481 e. The Morgan fingerprint density at radius 1 is 1.34 bits per heavy atom. The van der Waals surface area contributed by atoms with Crippen molar-refractivity contribution in [1.29, 1.82) is 5.26 Å². The first-order chi connectivity index (χ1) is 13.6. The summed E-state index contributed by atoms with van der Waals surface area (Å²) in [6.07, 6.45) is -0.400. The number of benzene rings is 1. The molecule has 29 heavy (non-hydrogen) atoms. The molecule has 0 saturated heterocycles. The van der Waals surface area contributed by atoms with E-state index >= 15 is 0 Å². The lowest BCUT2D eigenvalue weighted by atomic mass is 9.76. The minimum absolute atomic E-state index is 0.164. The molecule has 3 rings (SSSR count). The second-order valence-corrected chi connectivity index (χ2v) is 6.75. The molecule has 0 bridgehead atoms. The summed E-state index contributed by atoms with van der Waals surface area (Å²) in [4.78, 5) is 18.9. The van der Waals surface area contributed by atoms with Gasteiger partial charge in [-0.3, -0.25) is 4.79 Å². The molecule has 0 aliphatic heterocycles. The number of carboxylic acids is 1. The van der Waals surface area contributed by atoms with Crippen molar-refractivity contribution in [3.05, 3.63) is 65.5 Å². The fourth-order valence-electron chi connectivity index (χ4n) is 2.96. The number of carboxylic acid groups (broad SMARTS) is 1. The minimum Gasteiger partial charge on any atom is -0.481 e. The van der Waals surface area contributed by atoms with Crippen LogP contribution in [0.2, 0.25) is 0 Å². The van der Waals surface area contributed by atoms with Crippen LogP contribution in [0, 0.1) is 16.7 Å². The Kier molecular flexibility index (Phi) is 5.12. The fraction of sp³-hybridized carbons (Fsp3) is 0.200. The van der Waals surface area contributed by atoms with Gasteiger partial charge in [-0.25, -0.2) is 9.97 Å². The van der Waals surface area contributed by atoms with E-state index < -0.39 is 23.3 Å². The van der Waals surface area contributed by atoms with Crippen LogP contribution in [0.1, 0.15) is 24.6 Å². The molecule has 1 aromatic carbocycles. The molecular weight excluding hydrogens is 385 g/mol. The smallest absolute Gasteiger partial charge is 0.433 e. The van der Waals surface area contributed by atoms with Gasteiger partial charge in [0.25, 0.3) is 0 Å². The molecule has 1 unspecified atom stereocenters. The van der Waals surface area contributed by atoms with Crippen molar-refractivity contribution in [2.75, 3.05) is 5.32 Å². The minimum atomic E-state index is -4.59. The van der Waals surface area contributed by atoms with E-state index in [0.717, 1.165) is 12.3 Å². The average Bonchev–Trinajstić information content (AvgIpc) is 2.67. The maximum Gasteiger partial charge on any atom is 0.433 e. The Hall–Kier alpha value is -3.67. The van der Waals surface area contributed by atoms with E-state index in [9.17, 15) is 28.3 Å². The summed E-state index contributed by atoms with van der Waals surface area (Å²) in [5.41, 5.74) is -0.383. The Bertz CT molecular complexity index is 1070. The number of nitrogens with zero attached hydrogens (tertiary/aromatic N) is 3. The zero-order valence-corrected chi connectivity index (χ0v) is 15.2. The normalized spacial score (nSPS) is 19.0. The van der Waals surface area contributed by atoms with Gasteiger partial charge in [-0.2, -0.15) is 18.4 Å². The van der Waals surface area contributed by atoms with Crippen LogP contribution in [0.5, 0.6) is 0 Å². The lowest BCUT2D eigenvalue weighted by Gasteiger charge is -2.26. The number of nitriles is 1. The Morgan fingerprint density at radius 3 is 2.76 bits per heavy atom. The summed E-state index contributed by atoms with van der Waals surface area (Å²) >= 11 is 0. The molecule has 0 saturated carbocycles. The highest BCUT2D eigenvalue weighted by Crippen LogP contribution is 2.39. The molecule has 1 heterocycles. The molecule has 1 aliphatic rings. The molecule has 148 valence electrons. The third kappa shape index (κ3) is 4.43. The predicted octanol–water partition coefficient (Wildman–Crippen LogP) is 4.57. The van der Waals surface area contributed by atoms with Crippen LogP contribution in [-0.2, 0) is 11.0 Å².